The lowest BCUT2D eigenvalue weighted by molar-refractivity contribution is -0.150. The molecule has 0 unspecified atom stereocenters. The average Bonchev–Trinajstić information content (AvgIpc) is 2.75. The molecule has 6 nitrogen and oxygen atoms in total. The average molecular weight is 404 g/mol. The number of nitrogens with zero attached hydrogens (tertiary/aromatic N) is 2. The summed E-state index contributed by atoms with van der Waals surface area (Å²) in [6, 6.07) is 6.06. The van der Waals surface area contributed by atoms with E-state index in [1.807, 2.05) is 12.1 Å². The highest BCUT2D eigenvalue weighted by molar-refractivity contribution is 5.72. The van der Waals surface area contributed by atoms with Crippen molar-refractivity contribution in [3.8, 4) is 5.75 Å². The van der Waals surface area contributed by atoms with Crippen LogP contribution in [0.5, 0.6) is 5.75 Å². The summed E-state index contributed by atoms with van der Waals surface area (Å²) in [4.78, 5) is 17.1. The molecule has 0 saturated carbocycles. The van der Waals surface area contributed by atoms with Crippen LogP contribution in [0.1, 0.15) is 45.4 Å². The summed E-state index contributed by atoms with van der Waals surface area (Å²) < 4.78 is 10.8. The Balaban J connectivity index is 1.39. The number of benzene rings is 1. The second-order valence-corrected chi connectivity index (χ2v) is 8.45. The molecule has 1 aromatic carbocycles. The number of hydrogen-bond donors (Lipinski definition) is 1. The van der Waals surface area contributed by atoms with Gasteiger partial charge in [0.1, 0.15) is 5.75 Å². The number of methoxy groups -OCH3 is 1. The monoisotopic (exact) mass is 403 g/mol. The fraction of sp³-hybridized carbons (Fsp3) is 0.696. The van der Waals surface area contributed by atoms with E-state index in [2.05, 4.69) is 22.8 Å². The van der Waals surface area contributed by atoms with E-state index in [-0.39, 0.29) is 11.9 Å². The van der Waals surface area contributed by atoms with Gasteiger partial charge in [-0.25, -0.2) is 0 Å². The van der Waals surface area contributed by atoms with Crippen molar-refractivity contribution < 1.29 is 14.3 Å². The summed E-state index contributed by atoms with van der Waals surface area (Å²) in [5.41, 5.74) is 7.81. The number of anilines is 2. The van der Waals surface area contributed by atoms with Crippen molar-refractivity contribution in [2.45, 2.75) is 45.4 Å². The minimum absolute atomic E-state index is 0.0188. The Bertz CT molecular complexity index is 651. The Hall–Kier alpha value is -1.95. The zero-order valence-electron chi connectivity index (χ0n) is 18.1. The molecule has 0 radical (unpaired) electrons. The van der Waals surface area contributed by atoms with E-state index in [0.29, 0.717) is 12.3 Å². The Kier molecular flexibility index (Phi) is 8.04. The molecule has 2 N–H and O–H groups in total. The molecule has 6 heteroatoms. The summed E-state index contributed by atoms with van der Waals surface area (Å²) in [6.45, 7) is 8.01. The largest absolute Gasteiger partial charge is 0.495 e. The molecule has 162 valence electrons. The van der Waals surface area contributed by atoms with Crippen molar-refractivity contribution in [1.82, 2.24) is 4.90 Å². The first-order valence-corrected chi connectivity index (χ1v) is 11.2. The molecule has 29 heavy (non-hydrogen) atoms. The van der Waals surface area contributed by atoms with Crippen LogP contribution in [-0.4, -0.2) is 57.3 Å². The molecule has 2 aliphatic heterocycles. The molecular weight excluding hydrogens is 366 g/mol. The standard InChI is InChI=1S/C23H37N3O3/c1-3-4-15-29-23(27)19-9-11-25(12-10-19)17-18-7-13-26(14-8-18)20-5-6-21(24)22(16-20)28-2/h5-6,16,18-19H,3-4,7-15,17,24H2,1-2H3. The maximum atomic E-state index is 12.1. The number of rotatable bonds is 8. The van der Waals surface area contributed by atoms with Crippen LogP contribution < -0.4 is 15.4 Å². The van der Waals surface area contributed by atoms with E-state index >= 15 is 0 Å². The van der Waals surface area contributed by atoms with Gasteiger partial charge in [-0.3, -0.25) is 4.79 Å². The topological polar surface area (TPSA) is 68.0 Å². The number of ether oxygens (including phenoxy) is 2. The maximum absolute atomic E-state index is 12.1. The minimum atomic E-state index is 0.0188. The lowest BCUT2D eigenvalue weighted by atomic mass is 9.92. The van der Waals surface area contributed by atoms with Gasteiger partial charge in [-0.15, -0.1) is 0 Å². The molecule has 0 spiro atoms. The van der Waals surface area contributed by atoms with E-state index in [1.165, 1.54) is 18.5 Å². The molecule has 0 aromatic heterocycles. The summed E-state index contributed by atoms with van der Waals surface area (Å²) >= 11 is 0. The lowest BCUT2D eigenvalue weighted by Crippen LogP contribution is -2.42. The van der Waals surface area contributed by atoms with Crippen molar-refractivity contribution >= 4 is 17.3 Å². The highest BCUT2D eigenvalue weighted by Crippen LogP contribution is 2.31. The highest BCUT2D eigenvalue weighted by atomic mass is 16.5. The summed E-state index contributed by atoms with van der Waals surface area (Å²) in [6.07, 6.45) is 6.31. The number of carbonyl (C=O) groups excluding carboxylic acids is 1. The first-order valence-electron chi connectivity index (χ1n) is 11.2. The van der Waals surface area contributed by atoms with Gasteiger partial charge < -0.3 is 25.0 Å². The van der Waals surface area contributed by atoms with Gasteiger partial charge in [-0.2, -0.15) is 0 Å². The van der Waals surface area contributed by atoms with Crippen molar-refractivity contribution in [1.29, 1.82) is 0 Å². The van der Waals surface area contributed by atoms with E-state index in [1.54, 1.807) is 7.11 Å². The molecule has 2 heterocycles. The smallest absolute Gasteiger partial charge is 0.309 e. The van der Waals surface area contributed by atoms with Gasteiger partial charge in [0.15, 0.2) is 0 Å². The van der Waals surface area contributed by atoms with Crippen molar-refractivity contribution in [2.75, 3.05) is 57.1 Å². The Morgan fingerprint density at radius 1 is 1.14 bits per heavy atom. The summed E-state index contributed by atoms with van der Waals surface area (Å²) in [5, 5.41) is 0. The Morgan fingerprint density at radius 2 is 1.86 bits per heavy atom. The van der Waals surface area contributed by atoms with Crippen molar-refractivity contribution in [2.24, 2.45) is 11.8 Å². The number of piperidine rings is 2. The lowest BCUT2D eigenvalue weighted by Gasteiger charge is -2.38. The molecule has 2 aliphatic rings. The van der Waals surface area contributed by atoms with Crippen LogP contribution in [0.2, 0.25) is 0 Å². The molecule has 0 bridgehead atoms. The van der Waals surface area contributed by atoms with Crippen LogP contribution in [0.15, 0.2) is 18.2 Å². The quantitative estimate of drug-likeness (QED) is 0.407. The van der Waals surface area contributed by atoms with Crippen LogP contribution in [0.25, 0.3) is 0 Å². The van der Waals surface area contributed by atoms with Crippen LogP contribution in [0.3, 0.4) is 0 Å². The Morgan fingerprint density at radius 3 is 2.52 bits per heavy atom. The van der Waals surface area contributed by atoms with Gasteiger partial charge >= 0.3 is 5.97 Å². The fourth-order valence-electron chi connectivity index (χ4n) is 4.42. The number of nitrogens with two attached hydrogens (primary N) is 1. The SMILES string of the molecule is CCCCOC(=O)C1CCN(CC2CCN(c3ccc(N)c(OC)c3)CC2)CC1. The third-order valence-electron chi connectivity index (χ3n) is 6.38. The number of likely N-dealkylation sites (tertiary alicyclic amines) is 1. The number of nitrogen functional groups attached to an aromatic ring is 1. The van der Waals surface area contributed by atoms with Crippen LogP contribution in [0.4, 0.5) is 11.4 Å². The van der Waals surface area contributed by atoms with E-state index in [0.717, 1.165) is 70.1 Å². The normalized spacial score (nSPS) is 19.3. The predicted octanol–water partition coefficient (Wildman–Crippen LogP) is 3.55. The third-order valence-corrected chi connectivity index (χ3v) is 6.38. The maximum Gasteiger partial charge on any atom is 0.309 e. The third kappa shape index (κ3) is 6.01. The van der Waals surface area contributed by atoms with Gasteiger partial charge in [0.05, 0.1) is 25.3 Å². The second kappa shape index (κ2) is 10.7. The number of hydrogen-bond acceptors (Lipinski definition) is 6. The molecule has 2 saturated heterocycles. The zero-order chi connectivity index (χ0) is 20.6. The van der Waals surface area contributed by atoms with Gasteiger partial charge in [0.2, 0.25) is 0 Å². The van der Waals surface area contributed by atoms with Crippen LogP contribution in [-0.2, 0) is 9.53 Å². The van der Waals surface area contributed by atoms with Gasteiger partial charge in [-0.1, -0.05) is 13.3 Å². The summed E-state index contributed by atoms with van der Waals surface area (Å²) in [5.74, 6) is 1.60. The highest BCUT2D eigenvalue weighted by Gasteiger charge is 2.28. The molecule has 0 amide bonds. The minimum Gasteiger partial charge on any atom is -0.495 e. The van der Waals surface area contributed by atoms with E-state index < -0.39 is 0 Å². The van der Waals surface area contributed by atoms with Crippen molar-refractivity contribution in [3.63, 3.8) is 0 Å². The van der Waals surface area contributed by atoms with Crippen LogP contribution in [0, 0.1) is 11.8 Å². The Labute approximate surface area is 175 Å². The van der Waals surface area contributed by atoms with Crippen molar-refractivity contribution in [3.05, 3.63) is 18.2 Å². The van der Waals surface area contributed by atoms with Gasteiger partial charge in [-0.05, 0) is 63.2 Å². The predicted molar refractivity (Wildman–Crippen MR) is 117 cm³/mol. The molecule has 0 aliphatic carbocycles. The van der Waals surface area contributed by atoms with Gasteiger partial charge in [0, 0.05) is 31.4 Å². The molecule has 1 aromatic rings. The fourth-order valence-corrected chi connectivity index (χ4v) is 4.42. The molecule has 2 fully saturated rings. The number of unbranched alkanes of at least 4 members (excludes halogenated alkanes) is 1. The second-order valence-electron chi connectivity index (χ2n) is 8.45. The van der Waals surface area contributed by atoms with Crippen LogP contribution >= 0.6 is 0 Å². The van der Waals surface area contributed by atoms with E-state index in [9.17, 15) is 4.79 Å². The van der Waals surface area contributed by atoms with Gasteiger partial charge in [0.25, 0.3) is 0 Å². The first kappa shape index (κ1) is 21.8. The number of carbonyl (C=O) groups is 1. The first-order chi connectivity index (χ1) is 14.1. The molecule has 3 rings (SSSR count). The zero-order valence-corrected chi connectivity index (χ0v) is 18.1. The van der Waals surface area contributed by atoms with E-state index in [4.69, 9.17) is 15.2 Å². The summed E-state index contributed by atoms with van der Waals surface area (Å²) in [7, 11) is 1.66. The number of esters is 1. The molecule has 0 atom stereocenters. The molecular formula is C23H37N3O3.